The summed E-state index contributed by atoms with van der Waals surface area (Å²) in [5.74, 6) is 0. The van der Waals surface area contributed by atoms with Crippen molar-refractivity contribution < 1.29 is 0 Å². The van der Waals surface area contributed by atoms with E-state index >= 15 is 0 Å². The largest absolute Gasteiger partial charge is 0.385 e. The minimum Gasteiger partial charge on any atom is -0.385 e. The highest BCUT2D eigenvalue weighted by Crippen LogP contribution is 2.32. The highest BCUT2D eigenvalue weighted by molar-refractivity contribution is 5.63. The first kappa shape index (κ1) is 10.2. The zero-order chi connectivity index (χ0) is 11.0. The number of benzene rings is 1. The molecule has 0 spiro atoms. The Kier molecular flexibility index (Phi) is 2.60. The molecule has 2 N–H and O–H groups in total. The summed E-state index contributed by atoms with van der Waals surface area (Å²) in [7, 11) is 0. The van der Waals surface area contributed by atoms with Gasteiger partial charge in [-0.1, -0.05) is 6.07 Å². The predicted molar refractivity (Wildman–Crippen MR) is 68.3 cm³/mol. The molecule has 0 unspecified atom stereocenters. The second-order valence-electron chi connectivity index (χ2n) is 4.95. The summed E-state index contributed by atoms with van der Waals surface area (Å²) in [5.41, 5.74) is 7.68. The van der Waals surface area contributed by atoms with Crippen LogP contribution in [0.25, 0.3) is 0 Å². The Bertz CT molecular complexity index is 410. The third-order valence-electron chi connectivity index (χ3n) is 3.93. The van der Waals surface area contributed by atoms with Gasteiger partial charge in [0, 0.05) is 12.2 Å². The Morgan fingerprint density at radius 1 is 1.00 bits per heavy atom. The van der Waals surface area contributed by atoms with Crippen LogP contribution in [0.1, 0.15) is 28.7 Å². The molecule has 0 atom stereocenters. The molecule has 3 rings (SSSR count). The molecule has 1 aromatic carbocycles. The van der Waals surface area contributed by atoms with Gasteiger partial charge >= 0.3 is 0 Å². The lowest BCUT2D eigenvalue weighted by molar-refractivity contribution is 0.710. The van der Waals surface area contributed by atoms with Gasteiger partial charge in [-0.15, -0.1) is 0 Å². The minimum atomic E-state index is 1.13. The van der Waals surface area contributed by atoms with E-state index in [9.17, 15) is 0 Å². The summed E-state index contributed by atoms with van der Waals surface area (Å²) in [6, 6.07) is 2.46. The van der Waals surface area contributed by atoms with Crippen molar-refractivity contribution in [2.24, 2.45) is 0 Å². The van der Waals surface area contributed by atoms with E-state index in [0.29, 0.717) is 0 Å². The Morgan fingerprint density at radius 2 is 1.88 bits per heavy atom. The molecular formula is C14H20N2. The third-order valence-corrected chi connectivity index (χ3v) is 3.93. The van der Waals surface area contributed by atoms with Gasteiger partial charge in [0.25, 0.3) is 0 Å². The Balaban J connectivity index is 2.12. The fourth-order valence-corrected chi connectivity index (χ4v) is 3.07. The quantitative estimate of drug-likeness (QED) is 0.693. The van der Waals surface area contributed by atoms with Crippen LogP contribution in [0.4, 0.5) is 5.69 Å². The van der Waals surface area contributed by atoms with E-state index in [4.69, 9.17) is 0 Å². The Hall–Kier alpha value is -1.02. The van der Waals surface area contributed by atoms with E-state index in [0.717, 1.165) is 19.6 Å². The van der Waals surface area contributed by atoms with Crippen molar-refractivity contribution in [2.45, 2.75) is 32.6 Å². The van der Waals surface area contributed by atoms with Crippen LogP contribution in [0, 0.1) is 6.92 Å². The maximum absolute atomic E-state index is 3.58. The van der Waals surface area contributed by atoms with Crippen LogP contribution >= 0.6 is 0 Å². The molecule has 0 aromatic heterocycles. The van der Waals surface area contributed by atoms with Crippen LogP contribution < -0.4 is 10.6 Å². The maximum Gasteiger partial charge on any atom is 0.0405 e. The molecule has 16 heavy (non-hydrogen) atoms. The van der Waals surface area contributed by atoms with Gasteiger partial charge in [0.05, 0.1) is 0 Å². The van der Waals surface area contributed by atoms with Gasteiger partial charge in [-0.3, -0.25) is 0 Å². The first-order chi connectivity index (χ1) is 7.86. The molecular weight excluding hydrogens is 196 g/mol. The Labute approximate surface area is 97.4 Å². The fraction of sp³-hybridized carbons (Fsp3) is 0.571. The summed E-state index contributed by atoms with van der Waals surface area (Å²) in [4.78, 5) is 0. The smallest absolute Gasteiger partial charge is 0.0405 e. The molecule has 0 saturated heterocycles. The Morgan fingerprint density at radius 3 is 2.81 bits per heavy atom. The first-order valence-electron chi connectivity index (χ1n) is 6.45. The van der Waals surface area contributed by atoms with E-state index in [-0.39, 0.29) is 0 Å². The monoisotopic (exact) mass is 216 g/mol. The van der Waals surface area contributed by atoms with Crippen molar-refractivity contribution in [3.8, 4) is 0 Å². The fourth-order valence-electron chi connectivity index (χ4n) is 3.07. The molecule has 1 aromatic rings. The lowest BCUT2D eigenvalue weighted by Gasteiger charge is -2.24. The number of hydrogen-bond donors (Lipinski definition) is 2. The van der Waals surface area contributed by atoms with Crippen LogP contribution in [0.5, 0.6) is 0 Å². The lowest BCUT2D eigenvalue weighted by atomic mass is 9.90. The molecule has 0 radical (unpaired) electrons. The standard InChI is InChI=1S/C14H20N2/c1-10-13-5-8-15-7-4-11(13)9-12-3-2-6-16-14(10)12/h9,15-16H,2-8H2,1H3. The zero-order valence-corrected chi connectivity index (χ0v) is 10.0. The molecule has 2 nitrogen and oxygen atoms in total. The summed E-state index contributed by atoms with van der Waals surface area (Å²) >= 11 is 0. The molecule has 2 heteroatoms. The third kappa shape index (κ3) is 1.61. The van der Waals surface area contributed by atoms with E-state index in [1.54, 1.807) is 16.7 Å². The second kappa shape index (κ2) is 4.10. The number of fused-ring (bicyclic) bond motifs is 2. The summed E-state index contributed by atoms with van der Waals surface area (Å²) in [6.45, 7) is 5.71. The number of rotatable bonds is 0. The number of hydrogen-bond acceptors (Lipinski definition) is 2. The van der Waals surface area contributed by atoms with Crippen molar-refractivity contribution in [3.05, 3.63) is 28.3 Å². The first-order valence-corrected chi connectivity index (χ1v) is 6.45. The molecule has 0 aliphatic carbocycles. The number of nitrogens with one attached hydrogen (secondary N) is 2. The second-order valence-corrected chi connectivity index (χ2v) is 4.95. The van der Waals surface area contributed by atoms with Gasteiger partial charge in [-0.25, -0.2) is 0 Å². The predicted octanol–water partition coefficient (Wildman–Crippen LogP) is 2.04. The van der Waals surface area contributed by atoms with E-state index < -0.39 is 0 Å². The van der Waals surface area contributed by atoms with Gasteiger partial charge in [-0.2, -0.15) is 0 Å². The van der Waals surface area contributed by atoms with Crippen molar-refractivity contribution in [2.75, 3.05) is 25.0 Å². The number of anilines is 1. The lowest BCUT2D eigenvalue weighted by Crippen LogP contribution is -2.16. The van der Waals surface area contributed by atoms with Gasteiger partial charge < -0.3 is 10.6 Å². The summed E-state index contributed by atoms with van der Waals surface area (Å²) in [6.07, 6.45) is 4.92. The van der Waals surface area contributed by atoms with Crippen molar-refractivity contribution >= 4 is 5.69 Å². The van der Waals surface area contributed by atoms with Crippen LogP contribution in [0.3, 0.4) is 0 Å². The van der Waals surface area contributed by atoms with Crippen molar-refractivity contribution in [1.82, 2.24) is 5.32 Å². The van der Waals surface area contributed by atoms with Gasteiger partial charge in [0.15, 0.2) is 0 Å². The van der Waals surface area contributed by atoms with Gasteiger partial charge in [-0.05, 0) is 68.0 Å². The number of aryl methyl sites for hydroxylation is 1. The van der Waals surface area contributed by atoms with Crippen LogP contribution in [0.15, 0.2) is 6.07 Å². The molecule has 0 fully saturated rings. The average Bonchev–Trinajstić information content (AvgIpc) is 2.55. The van der Waals surface area contributed by atoms with E-state index in [1.807, 2.05) is 0 Å². The molecule has 2 aliphatic rings. The highest BCUT2D eigenvalue weighted by Gasteiger charge is 2.18. The molecule has 86 valence electrons. The highest BCUT2D eigenvalue weighted by atomic mass is 14.9. The topological polar surface area (TPSA) is 24.1 Å². The normalized spacial score (nSPS) is 19.3. The molecule has 2 aliphatic heterocycles. The molecule has 0 amide bonds. The van der Waals surface area contributed by atoms with E-state index in [2.05, 4.69) is 23.6 Å². The SMILES string of the molecule is Cc1c2c(cc3c1NCCC3)CCNCC2. The summed E-state index contributed by atoms with van der Waals surface area (Å²) in [5, 5.41) is 7.07. The van der Waals surface area contributed by atoms with Crippen LogP contribution in [-0.4, -0.2) is 19.6 Å². The molecule has 0 saturated carbocycles. The molecule has 2 heterocycles. The zero-order valence-electron chi connectivity index (χ0n) is 10.0. The molecule has 0 bridgehead atoms. The van der Waals surface area contributed by atoms with Crippen LogP contribution in [0.2, 0.25) is 0 Å². The maximum atomic E-state index is 3.58. The van der Waals surface area contributed by atoms with E-state index in [1.165, 1.54) is 36.9 Å². The van der Waals surface area contributed by atoms with Gasteiger partial charge in [0.2, 0.25) is 0 Å². The van der Waals surface area contributed by atoms with Crippen molar-refractivity contribution in [3.63, 3.8) is 0 Å². The minimum absolute atomic E-state index is 1.13. The van der Waals surface area contributed by atoms with Crippen molar-refractivity contribution in [1.29, 1.82) is 0 Å². The van der Waals surface area contributed by atoms with Gasteiger partial charge in [0.1, 0.15) is 0 Å². The summed E-state index contributed by atoms with van der Waals surface area (Å²) < 4.78 is 0. The average molecular weight is 216 g/mol. The van der Waals surface area contributed by atoms with Crippen LogP contribution in [-0.2, 0) is 19.3 Å².